The van der Waals surface area contributed by atoms with Crippen molar-refractivity contribution in [3.8, 4) is 11.3 Å². The van der Waals surface area contributed by atoms with Gasteiger partial charge >= 0.3 is 0 Å². The molecule has 0 saturated heterocycles. The summed E-state index contributed by atoms with van der Waals surface area (Å²) >= 11 is 0. The lowest BCUT2D eigenvalue weighted by Crippen LogP contribution is -2.05. The Morgan fingerprint density at radius 2 is 1.71 bits per heavy atom. The van der Waals surface area contributed by atoms with Gasteiger partial charge in [0.1, 0.15) is 5.69 Å². The molecule has 0 aliphatic carbocycles. The molecular weight excluding hydrogens is 304 g/mol. The summed E-state index contributed by atoms with van der Waals surface area (Å²) in [6, 6.07) is 19.4. The molecule has 2 aromatic heterocycles. The zero-order valence-electron chi connectivity index (χ0n) is 12.5. The molecule has 0 amide bonds. The Morgan fingerprint density at radius 1 is 0.958 bits per heavy atom. The zero-order chi connectivity index (χ0) is 16.2. The number of anilines is 1. The Morgan fingerprint density at radius 3 is 2.50 bits per heavy atom. The van der Waals surface area contributed by atoms with Gasteiger partial charge in [-0.05, 0) is 16.0 Å². The van der Waals surface area contributed by atoms with Crippen LogP contribution in [0.25, 0.3) is 17.0 Å². The molecule has 0 atom stereocenters. The van der Waals surface area contributed by atoms with E-state index in [0.717, 1.165) is 11.1 Å². The molecule has 8 heteroatoms. The fourth-order valence-electron chi connectivity index (χ4n) is 2.18. The van der Waals surface area contributed by atoms with Crippen molar-refractivity contribution in [2.75, 3.05) is 5.43 Å². The molecule has 0 aliphatic heterocycles. The molecule has 0 spiro atoms. The number of hydrogen-bond donors (Lipinski definition) is 1. The number of nitrogens with one attached hydrogen (secondary N) is 1. The maximum atomic E-state index is 4.41. The topological polar surface area (TPSA) is 93.2 Å². The summed E-state index contributed by atoms with van der Waals surface area (Å²) in [4.78, 5) is 4.38. The summed E-state index contributed by atoms with van der Waals surface area (Å²) in [5.41, 5.74) is 5.41. The number of tetrazole rings is 1. The van der Waals surface area contributed by atoms with Crippen LogP contribution in [0.5, 0.6) is 0 Å². The van der Waals surface area contributed by atoms with Gasteiger partial charge in [-0.25, -0.2) is 0 Å². The predicted octanol–water partition coefficient (Wildman–Crippen LogP) is 2.03. The molecule has 0 fully saturated rings. The van der Waals surface area contributed by atoms with Crippen molar-refractivity contribution in [3.63, 3.8) is 0 Å². The van der Waals surface area contributed by atoms with Crippen LogP contribution < -0.4 is 5.43 Å². The predicted molar refractivity (Wildman–Crippen MR) is 89.5 cm³/mol. The van der Waals surface area contributed by atoms with Gasteiger partial charge in [0.25, 0.3) is 5.78 Å². The Hall–Kier alpha value is -3.68. The van der Waals surface area contributed by atoms with Gasteiger partial charge in [0.2, 0.25) is 0 Å². The maximum Gasteiger partial charge on any atom is 0.293 e. The number of hydrogen-bond acceptors (Lipinski definition) is 7. The minimum atomic E-state index is 0.298. The van der Waals surface area contributed by atoms with E-state index in [1.165, 1.54) is 4.63 Å². The summed E-state index contributed by atoms with van der Waals surface area (Å²) in [7, 11) is 0. The summed E-state index contributed by atoms with van der Waals surface area (Å²) in [6.07, 6.45) is 1.71. The summed E-state index contributed by atoms with van der Waals surface area (Å²) in [6.45, 7) is 0. The number of nitrogens with zero attached hydrogens (tertiary/aromatic N) is 7. The van der Waals surface area contributed by atoms with Crippen LogP contribution in [0, 0.1) is 0 Å². The third-order valence-electron chi connectivity index (χ3n) is 3.30. The fourth-order valence-corrected chi connectivity index (χ4v) is 2.18. The van der Waals surface area contributed by atoms with Crippen LogP contribution in [0.3, 0.4) is 0 Å². The van der Waals surface area contributed by atoms with E-state index >= 15 is 0 Å². The molecule has 2 aromatic carbocycles. The van der Waals surface area contributed by atoms with Gasteiger partial charge in [0, 0.05) is 5.56 Å². The van der Waals surface area contributed by atoms with Crippen LogP contribution in [0.2, 0.25) is 0 Å². The summed E-state index contributed by atoms with van der Waals surface area (Å²) < 4.78 is 1.29. The van der Waals surface area contributed by atoms with E-state index in [9.17, 15) is 0 Å². The van der Waals surface area contributed by atoms with Gasteiger partial charge in [0.15, 0.2) is 5.82 Å². The molecular formula is C16H12N8. The first-order valence-electron chi connectivity index (χ1n) is 7.26. The molecule has 4 aromatic rings. The first-order valence-corrected chi connectivity index (χ1v) is 7.26. The van der Waals surface area contributed by atoms with Crippen molar-refractivity contribution in [2.24, 2.45) is 5.10 Å². The first-order chi connectivity index (χ1) is 11.9. The Kier molecular flexibility index (Phi) is 3.61. The standard InChI is InChI=1S/C16H12N8/c1-3-7-12(8-4-1)11-17-19-15-14(13-9-5-2-6-10-13)21-24-16(18-15)20-22-23-24/h1-11H,(H,18,19,20,23). The molecule has 0 saturated carbocycles. The van der Waals surface area contributed by atoms with Crippen molar-refractivity contribution in [1.82, 2.24) is 30.2 Å². The average Bonchev–Trinajstić information content (AvgIpc) is 3.10. The lowest BCUT2D eigenvalue weighted by atomic mass is 10.1. The number of hydrazone groups is 1. The molecule has 116 valence electrons. The molecule has 0 unspecified atom stereocenters. The fraction of sp³-hybridized carbons (Fsp3) is 0. The van der Waals surface area contributed by atoms with Crippen molar-refractivity contribution < 1.29 is 0 Å². The lowest BCUT2D eigenvalue weighted by Gasteiger charge is -2.06. The van der Waals surface area contributed by atoms with Gasteiger partial charge in [0.05, 0.1) is 6.21 Å². The monoisotopic (exact) mass is 316 g/mol. The van der Waals surface area contributed by atoms with Gasteiger partial charge in [-0.1, -0.05) is 70.4 Å². The minimum absolute atomic E-state index is 0.298. The molecule has 8 nitrogen and oxygen atoms in total. The first kappa shape index (κ1) is 13.9. The van der Waals surface area contributed by atoms with Crippen molar-refractivity contribution in [3.05, 3.63) is 66.2 Å². The third kappa shape index (κ3) is 2.80. The molecule has 1 N–H and O–H groups in total. The average molecular weight is 316 g/mol. The highest BCUT2D eigenvalue weighted by Gasteiger charge is 2.12. The number of rotatable bonds is 4. The second-order valence-corrected chi connectivity index (χ2v) is 4.92. The van der Waals surface area contributed by atoms with Crippen molar-refractivity contribution >= 4 is 17.8 Å². The second-order valence-electron chi connectivity index (χ2n) is 4.92. The Bertz CT molecular complexity index is 979. The number of fused-ring (bicyclic) bond motifs is 1. The van der Waals surface area contributed by atoms with E-state index in [0.29, 0.717) is 17.3 Å². The molecule has 4 rings (SSSR count). The van der Waals surface area contributed by atoms with Crippen LogP contribution in [0.1, 0.15) is 5.56 Å². The van der Waals surface area contributed by atoms with E-state index in [2.05, 4.69) is 36.1 Å². The smallest absolute Gasteiger partial charge is 0.259 e. The van der Waals surface area contributed by atoms with Crippen molar-refractivity contribution in [1.29, 1.82) is 0 Å². The SMILES string of the molecule is C(=NNc1nc2nnnn2nc1-c1ccccc1)c1ccccc1. The van der Waals surface area contributed by atoms with Gasteiger partial charge < -0.3 is 0 Å². The summed E-state index contributed by atoms with van der Waals surface area (Å²) in [5, 5.41) is 19.8. The Labute approximate surface area is 136 Å². The largest absolute Gasteiger partial charge is 0.293 e. The molecule has 0 aliphatic rings. The van der Waals surface area contributed by atoms with Gasteiger partial charge in [-0.3, -0.25) is 5.43 Å². The quantitative estimate of drug-likeness (QED) is 0.457. The second kappa shape index (κ2) is 6.21. The van der Waals surface area contributed by atoms with Gasteiger partial charge in [-0.15, -0.1) is 5.10 Å². The molecule has 0 bridgehead atoms. The third-order valence-corrected chi connectivity index (χ3v) is 3.30. The van der Waals surface area contributed by atoms with Crippen molar-refractivity contribution in [2.45, 2.75) is 0 Å². The Balaban J connectivity index is 1.71. The normalized spacial score (nSPS) is 11.2. The molecule has 0 radical (unpaired) electrons. The van der Waals surface area contributed by atoms with E-state index in [4.69, 9.17) is 0 Å². The maximum absolute atomic E-state index is 4.41. The number of aromatic nitrogens is 6. The van der Waals surface area contributed by atoms with Gasteiger partial charge in [-0.2, -0.15) is 10.1 Å². The molecule has 24 heavy (non-hydrogen) atoms. The zero-order valence-corrected chi connectivity index (χ0v) is 12.5. The highest BCUT2D eigenvalue weighted by atomic mass is 15.6. The van der Waals surface area contributed by atoms with Crippen LogP contribution in [0.4, 0.5) is 5.82 Å². The lowest BCUT2D eigenvalue weighted by molar-refractivity contribution is 0.730. The molecule has 2 heterocycles. The van der Waals surface area contributed by atoms with E-state index in [1.807, 2.05) is 60.7 Å². The van der Waals surface area contributed by atoms with Crippen LogP contribution in [0.15, 0.2) is 65.8 Å². The minimum Gasteiger partial charge on any atom is -0.259 e. The van der Waals surface area contributed by atoms with E-state index < -0.39 is 0 Å². The highest BCUT2D eigenvalue weighted by Crippen LogP contribution is 2.23. The van der Waals surface area contributed by atoms with Crippen LogP contribution in [-0.4, -0.2) is 36.5 Å². The van der Waals surface area contributed by atoms with E-state index in [-0.39, 0.29) is 0 Å². The highest BCUT2D eigenvalue weighted by molar-refractivity contribution is 5.80. The number of benzene rings is 2. The van der Waals surface area contributed by atoms with Crippen LogP contribution in [-0.2, 0) is 0 Å². The van der Waals surface area contributed by atoms with E-state index in [1.54, 1.807) is 6.21 Å². The van der Waals surface area contributed by atoms with Crippen LogP contribution >= 0.6 is 0 Å². The summed E-state index contributed by atoms with van der Waals surface area (Å²) in [5.74, 6) is 0.780.